The molecule has 0 aliphatic carbocycles. The largest absolute Gasteiger partial charge is 0.345 e. The third-order valence-corrected chi connectivity index (χ3v) is 2.05. The van der Waals surface area contributed by atoms with Crippen molar-refractivity contribution in [2.45, 2.75) is 6.42 Å². The minimum atomic E-state index is -0.286. The monoisotopic (exact) mass is 181 g/mol. The molecule has 1 saturated heterocycles. The molecule has 1 fully saturated rings. The van der Waals surface area contributed by atoms with Crippen LogP contribution in [0.5, 0.6) is 0 Å². The van der Waals surface area contributed by atoms with E-state index in [9.17, 15) is 9.59 Å². The van der Waals surface area contributed by atoms with Gasteiger partial charge in [-0.15, -0.1) is 0 Å². The first-order valence-electron chi connectivity index (χ1n) is 4.03. The Morgan fingerprint density at radius 1 is 1.85 bits per heavy atom. The molecule has 13 heavy (non-hydrogen) atoms. The van der Waals surface area contributed by atoms with Crippen LogP contribution in [0.4, 0.5) is 0 Å². The van der Waals surface area contributed by atoms with Crippen molar-refractivity contribution in [3.8, 4) is 6.07 Å². The number of nitrogens with zero attached hydrogens (tertiary/aromatic N) is 2. The summed E-state index contributed by atoms with van der Waals surface area (Å²) in [5.74, 6) is -0.512. The highest BCUT2D eigenvalue weighted by atomic mass is 16.2. The van der Waals surface area contributed by atoms with Gasteiger partial charge in [0.25, 0.3) is 0 Å². The maximum absolute atomic E-state index is 11.3. The van der Waals surface area contributed by atoms with Crippen LogP contribution in [-0.2, 0) is 9.59 Å². The van der Waals surface area contributed by atoms with Gasteiger partial charge in [0.2, 0.25) is 11.8 Å². The number of rotatable bonds is 2. The molecule has 0 aromatic rings. The molecule has 1 unspecified atom stereocenters. The fraction of sp³-hybridized carbons (Fsp3) is 0.625. The van der Waals surface area contributed by atoms with E-state index in [0.29, 0.717) is 6.54 Å². The summed E-state index contributed by atoms with van der Waals surface area (Å²) in [5.41, 5.74) is 0. The normalized spacial score (nSPS) is 21.4. The van der Waals surface area contributed by atoms with Crippen molar-refractivity contribution in [1.82, 2.24) is 10.2 Å². The Hall–Kier alpha value is -1.57. The van der Waals surface area contributed by atoms with Gasteiger partial charge >= 0.3 is 0 Å². The van der Waals surface area contributed by atoms with Crippen molar-refractivity contribution in [1.29, 1.82) is 5.26 Å². The lowest BCUT2D eigenvalue weighted by Gasteiger charge is -2.08. The number of carbonyl (C=O) groups excluding carboxylic acids is 2. The van der Waals surface area contributed by atoms with Gasteiger partial charge < -0.3 is 10.2 Å². The summed E-state index contributed by atoms with van der Waals surface area (Å²) >= 11 is 0. The molecule has 1 aliphatic rings. The maximum atomic E-state index is 11.3. The molecule has 1 rings (SSSR count). The Balaban J connectivity index is 2.42. The van der Waals surface area contributed by atoms with E-state index in [4.69, 9.17) is 5.26 Å². The van der Waals surface area contributed by atoms with E-state index in [1.165, 1.54) is 4.90 Å². The predicted molar refractivity (Wildman–Crippen MR) is 44.4 cm³/mol. The zero-order valence-electron chi connectivity index (χ0n) is 7.41. The van der Waals surface area contributed by atoms with Gasteiger partial charge in [0.05, 0.1) is 12.0 Å². The van der Waals surface area contributed by atoms with Crippen molar-refractivity contribution < 1.29 is 9.59 Å². The van der Waals surface area contributed by atoms with Crippen LogP contribution in [0.3, 0.4) is 0 Å². The van der Waals surface area contributed by atoms with E-state index in [2.05, 4.69) is 5.32 Å². The first kappa shape index (κ1) is 9.52. The van der Waals surface area contributed by atoms with E-state index in [1.54, 1.807) is 7.05 Å². The Morgan fingerprint density at radius 2 is 2.54 bits per heavy atom. The number of hydrogen-bond donors (Lipinski definition) is 1. The van der Waals surface area contributed by atoms with Crippen LogP contribution < -0.4 is 5.32 Å². The third kappa shape index (κ3) is 2.18. The highest BCUT2D eigenvalue weighted by molar-refractivity contribution is 5.89. The third-order valence-electron chi connectivity index (χ3n) is 2.05. The Bertz CT molecular complexity index is 269. The Kier molecular flexibility index (Phi) is 2.85. The lowest BCUT2D eigenvalue weighted by molar-refractivity contribution is -0.128. The van der Waals surface area contributed by atoms with Crippen LogP contribution in [-0.4, -0.2) is 36.9 Å². The molecular weight excluding hydrogens is 170 g/mol. The Labute approximate surface area is 76.3 Å². The van der Waals surface area contributed by atoms with Gasteiger partial charge in [-0.25, -0.2) is 0 Å². The smallest absolute Gasteiger partial charge is 0.226 e. The number of nitrogens with one attached hydrogen (secondary N) is 1. The van der Waals surface area contributed by atoms with Crippen molar-refractivity contribution in [2.75, 3.05) is 20.1 Å². The number of hydrogen-bond acceptors (Lipinski definition) is 3. The minimum absolute atomic E-state index is 0.00718. The van der Waals surface area contributed by atoms with Gasteiger partial charge in [-0.1, -0.05) is 0 Å². The lowest BCUT2D eigenvalue weighted by atomic mass is 10.1. The fourth-order valence-electron chi connectivity index (χ4n) is 1.31. The molecule has 1 atom stereocenters. The second-order valence-electron chi connectivity index (χ2n) is 3.05. The topological polar surface area (TPSA) is 73.2 Å². The second kappa shape index (κ2) is 3.90. The van der Waals surface area contributed by atoms with Crippen LogP contribution >= 0.6 is 0 Å². The highest BCUT2D eigenvalue weighted by Gasteiger charge is 2.31. The molecule has 0 bridgehead atoms. The summed E-state index contributed by atoms with van der Waals surface area (Å²) in [6.45, 7) is 0.462. The van der Waals surface area contributed by atoms with E-state index < -0.39 is 0 Å². The molecule has 1 heterocycles. The first-order valence-corrected chi connectivity index (χ1v) is 4.03. The second-order valence-corrected chi connectivity index (χ2v) is 3.05. The zero-order chi connectivity index (χ0) is 9.84. The molecule has 1 N–H and O–H groups in total. The summed E-state index contributed by atoms with van der Waals surface area (Å²) in [6.07, 6.45) is 0.258. The van der Waals surface area contributed by atoms with Gasteiger partial charge in [-0.05, 0) is 0 Å². The van der Waals surface area contributed by atoms with Crippen LogP contribution in [0.2, 0.25) is 0 Å². The number of amides is 2. The van der Waals surface area contributed by atoms with E-state index in [-0.39, 0.29) is 30.7 Å². The Morgan fingerprint density at radius 3 is 3.00 bits per heavy atom. The molecule has 1 aliphatic heterocycles. The van der Waals surface area contributed by atoms with Crippen LogP contribution in [0.25, 0.3) is 0 Å². The average molecular weight is 181 g/mol. The minimum Gasteiger partial charge on any atom is -0.345 e. The summed E-state index contributed by atoms with van der Waals surface area (Å²) in [5, 5.41) is 10.7. The molecule has 0 aromatic heterocycles. The molecule has 0 aromatic carbocycles. The van der Waals surface area contributed by atoms with Crippen LogP contribution in [0, 0.1) is 17.2 Å². The van der Waals surface area contributed by atoms with Crippen molar-refractivity contribution in [3.05, 3.63) is 0 Å². The lowest BCUT2D eigenvalue weighted by Crippen LogP contribution is -2.32. The van der Waals surface area contributed by atoms with Crippen molar-refractivity contribution >= 4 is 11.8 Å². The SMILES string of the molecule is CN1CC(C(=O)NCC#N)CC1=O. The summed E-state index contributed by atoms with van der Waals surface area (Å²) < 4.78 is 0. The van der Waals surface area contributed by atoms with Gasteiger partial charge in [-0.2, -0.15) is 5.26 Å². The molecule has 0 radical (unpaired) electrons. The quantitative estimate of drug-likeness (QED) is 0.561. The van der Waals surface area contributed by atoms with Crippen LogP contribution in [0.1, 0.15) is 6.42 Å². The molecule has 0 spiro atoms. The predicted octanol–water partition coefficient (Wildman–Crippen LogP) is -0.896. The summed E-state index contributed by atoms with van der Waals surface area (Å²) in [4.78, 5) is 23.8. The zero-order valence-corrected chi connectivity index (χ0v) is 7.41. The number of nitriles is 1. The number of likely N-dealkylation sites (tertiary alicyclic amines) is 1. The summed E-state index contributed by atoms with van der Waals surface area (Å²) in [6, 6.07) is 1.81. The fourth-order valence-corrected chi connectivity index (χ4v) is 1.31. The molecular formula is C8H11N3O2. The van der Waals surface area contributed by atoms with E-state index >= 15 is 0 Å². The van der Waals surface area contributed by atoms with Crippen LogP contribution in [0.15, 0.2) is 0 Å². The highest BCUT2D eigenvalue weighted by Crippen LogP contribution is 2.15. The van der Waals surface area contributed by atoms with Gasteiger partial charge in [0, 0.05) is 20.0 Å². The van der Waals surface area contributed by atoms with Gasteiger partial charge in [0.1, 0.15) is 6.54 Å². The molecule has 5 heteroatoms. The molecule has 5 nitrogen and oxygen atoms in total. The maximum Gasteiger partial charge on any atom is 0.226 e. The van der Waals surface area contributed by atoms with Crippen molar-refractivity contribution in [2.24, 2.45) is 5.92 Å². The average Bonchev–Trinajstić information content (AvgIpc) is 2.43. The standard InChI is InChI=1S/C8H11N3O2/c1-11-5-6(4-7(11)12)8(13)10-3-2-9/h6H,3-5H2,1H3,(H,10,13). The summed E-state index contributed by atoms with van der Waals surface area (Å²) in [7, 11) is 1.67. The molecule has 0 saturated carbocycles. The van der Waals surface area contributed by atoms with Gasteiger partial charge in [-0.3, -0.25) is 9.59 Å². The number of carbonyl (C=O) groups is 2. The van der Waals surface area contributed by atoms with E-state index in [1.807, 2.05) is 6.07 Å². The van der Waals surface area contributed by atoms with E-state index in [0.717, 1.165) is 0 Å². The molecule has 2 amide bonds. The first-order chi connectivity index (χ1) is 6.15. The molecule has 70 valence electrons. The van der Waals surface area contributed by atoms with Gasteiger partial charge in [0.15, 0.2) is 0 Å². The van der Waals surface area contributed by atoms with Crippen molar-refractivity contribution in [3.63, 3.8) is 0 Å².